The van der Waals surface area contributed by atoms with Gasteiger partial charge in [0.2, 0.25) is 5.91 Å². The predicted molar refractivity (Wildman–Crippen MR) is 150 cm³/mol. The molecule has 4 aliphatic carbocycles. The van der Waals surface area contributed by atoms with E-state index < -0.39 is 17.7 Å². The van der Waals surface area contributed by atoms with Crippen molar-refractivity contribution in [3.05, 3.63) is 71.9 Å². The summed E-state index contributed by atoms with van der Waals surface area (Å²) in [5.74, 6) is 2.10. The van der Waals surface area contributed by atoms with Gasteiger partial charge in [0, 0.05) is 23.5 Å². The van der Waals surface area contributed by atoms with E-state index in [-0.39, 0.29) is 25.0 Å². The summed E-state index contributed by atoms with van der Waals surface area (Å²) < 4.78 is 6.12. The molecule has 4 N–H and O–H groups in total. The van der Waals surface area contributed by atoms with Crippen molar-refractivity contribution >= 4 is 22.9 Å². The quantitative estimate of drug-likeness (QED) is 0.321. The number of hydrogen-bond acceptors (Lipinski definition) is 4. The summed E-state index contributed by atoms with van der Waals surface area (Å²) in [7, 11) is 0. The van der Waals surface area contributed by atoms with E-state index in [4.69, 9.17) is 4.74 Å². The first-order chi connectivity index (χ1) is 18.9. The van der Waals surface area contributed by atoms with Gasteiger partial charge in [0.25, 0.3) is 0 Å². The van der Waals surface area contributed by atoms with Crippen LogP contribution in [0.15, 0.2) is 60.8 Å². The molecule has 4 fully saturated rings. The SMILES string of the molecule is C[C@@](Cc1c[nH]c2ccccc12)(NC(=O)OC1C2CC3CC(C2)CC1C3)C(=O)N[C@@H](CO)Cc1ccccc1. The van der Waals surface area contributed by atoms with Gasteiger partial charge in [0.1, 0.15) is 11.6 Å². The van der Waals surface area contributed by atoms with Crippen LogP contribution in [0, 0.1) is 23.7 Å². The number of fused-ring (bicyclic) bond motifs is 1. The maximum absolute atomic E-state index is 13.9. The van der Waals surface area contributed by atoms with Crippen LogP contribution in [0.1, 0.15) is 50.2 Å². The highest BCUT2D eigenvalue weighted by Crippen LogP contribution is 2.54. The molecular formula is C32H39N3O4. The average molecular weight is 530 g/mol. The first-order valence-electron chi connectivity index (χ1n) is 14.4. The van der Waals surface area contributed by atoms with Gasteiger partial charge >= 0.3 is 6.09 Å². The van der Waals surface area contributed by atoms with Gasteiger partial charge in [-0.15, -0.1) is 0 Å². The summed E-state index contributed by atoms with van der Waals surface area (Å²) in [5, 5.41) is 17.1. The molecule has 0 radical (unpaired) electrons. The number of para-hydroxylation sites is 1. The highest BCUT2D eigenvalue weighted by atomic mass is 16.6. The van der Waals surface area contributed by atoms with Crippen molar-refractivity contribution in [3.63, 3.8) is 0 Å². The van der Waals surface area contributed by atoms with Crippen LogP contribution < -0.4 is 10.6 Å². The summed E-state index contributed by atoms with van der Waals surface area (Å²) in [6.45, 7) is 1.54. The standard InChI is InChI=1S/C32H39N3O4/c1-32(17-25-18-33-28-10-6-5-9-27(25)28,30(37)34-26(19-36)16-20-7-3-2-4-8-20)35-31(38)39-29-23-12-21-11-22(14-23)15-24(29)13-21/h2-10,18,21-24,26,29,33,36H,11-17,19H2,1H3,(H,34,37)(H,35,38)/t21?,22?,23?,24?,26-,29?,32+/m1/s1. The monoisotopic (exact) mass is 529 g/mol. The third-order valence-corrected chi connectivity index (χ3v) is 9.36. The Kier molecular flexibility index (Phi) is 7.10. The molecule has 1 heterocycles. The molecule has 0 saturated heterocycles. The van der Waals surface area contributed by atoms with E-state index in [1.807, 2.05) is 60.8 Å². The topological polar surface area (TPSA) is 103 Å². The number of ether oxygens (including phenoxy) is 1. The fourth-order valence-electron chi connectivity index (χ4n) is 7.69. The number of benzene rings is 2. The van der Waals surface area contributed by atoms with Crippen LogP contribution in [-0.2, 0) is 22.4 Å². The second-order valence-corrected chi connectivity index (χ2v) is 12.3. The maximum Gasteiger partial charge on any atom is 0.408 e. The van der Waals surface area contributed by atoms with Crippen LogP contribution in [0.4, 0.5) is 4.79 Å². The van der Waals surface area contributed by atoms with Crippen molar-refractivity contribution in [3.8, 4) is 0 Å². The Balaban J connectivity index is 1.20. The second kappa shape index (κ2) is 10.7. The lowest BCUT2D eigenvalue weighted by molar-refractivity contribution is -0.128. The third-order valence-electron chi connectivity index (χ3n) is 9.36. The number of carbonyl (C=O) groups is 2. The Bertz CT molecular complexity index is 1290. The van der Waals surface area contributed by atoms with E-state index in [9.17, 15) is 14.7 Å². The Morgan fingerprint density at radius 1 is 1.00 bits per heavy atom. The molecule has 4 saturated carbocycles. The molecule has 2 atom stereocenters. The number of aliphatic hydroxyl groups excluding tert-OH is 1. The van der Waals surface area contributed by atoms with Gasteiger partial charge in [-0.1, -0.05) is 48.5 Å². The molecule has 7 nitrogen and oxygen atoms in total. The highest BCUT2D eigenvalue weighted by Gasteiger charge is 2.50. The highest BCUT2D eigenvalue weighted by molar-refractivity contribution is 5.91. The maximum atomic E-state index is 13.9. The van der Waals surface area contributed by atoms with Crippen LogP contribution in [0.2, 0.25) is 0 Å². The molecule has 0 spiro atoms. The van der Waals surface area contributed by atoms with Crippen molar-refractivity contribution in [2.24, 2.45) is 23.7 Å². The number of aliphatic hydroxyl groups is 1. The van der Waals surface area contributed by atoms with Gasteiger partial charge in [-0.3, -0.25) is 4.79 Å². The Morgan fingerprint density at radius 2 is 1.67 bits per heavy atom. The number of hydrogen-bond donors (Lipinski definition) is 4. The van der Waals surface area contributed by atoms with Crippen LogP contribution in [-0.4, -0.2) is 46.4 Å². The van der Waals surface area contributed by atoms with Crippen molar-refractivity contribution in [1.29, 1.82) is 0 Å². The molecule has 2 amide bonds. The lowest BCUT2D eigenvalue weighted by Crippen LogP contribution is -2.61. The van der Waals surface area contributed by atoms with E-state index in [1.165, 1.54) is 6.42 Å². The van der Waals surface area contributed by atoms with Crippen LogP contribution in [0.5, 0.6) is 0 Å². The molecule has 206 valence electrons. The Labute approximate surface area is 229 Å². The number of amides is 2. The number of aromatic nitrogens is 1. The minimum Gasteiger partial charge on any atom is -0.446 e. The van der Waals surface area contributed by atoms with E-state index in [0.29, 0.717) is 18.3 Å². The normalized spacial score (nSPS) is 27.6. The molecule has 39 heavy (non-hydrogen) atoms. The number of carbonyl (C=O) groups excluding carboxylic acids is 2. The molecule has 3 aromatic rings. The van der Waals surface area contributed by atoms with E-state index in [2.05, 4.69) is 15.6 Å². The van der Waals surface area contributed by atoms with Gasteiger partial charge in [-0.2, -0.15) is 0 Å². The molecule has 7 heteroatoms. The van der Waals surface area contributed by atoms with Gasteiger partial charge in [0.15, 0.2) is 0 Å². The lowest BCUT2D eigenvalue weighted by atomic mass is 9.55. The van der Waals surface area contributed by atoms with Crippen LogP contribution >= 0.6 is 0 Å². The predicted octanol–water partition coefficient (Wildman–Crippen LogP) is 4.74. The molecular weight excluding hydrogens is 490 g/mol. The largest absolute Gasteiger partial charge is 0.446 e. The summed E-state index contributed by atoms with van der Waals surface area (Å²) in [6.07, 6.45) is 8.00. The van der Waals surface area contributed by atoms with Crippen LogP contribution in [0.25, 0.3) is 10.9 Å². The van der Waals surface area contributed by atoms with E-state index >= 15 is 0 Å². The lowest BCUT2D eigenvalue weighted by Gasteiger charge is -2.53. The zero-order chi connectivity index (χ0) is 27.0. The molecule has 0 unspecified atom stereocenters. The molecule has 1 aromatic heterocycles. The van der Waals surface area contributed by atoms with Gasteiger partial charge in [0.05, 0.1) is 12.6 Å². The fourth-order valence-corrected chi connectivity index (χ4v) is 7.69. The van der Waals surface area contributed by atoms with Crippen molar-refractivity contribution in [2.45, 2.75) is 69.6 Å². The van der Waals surface area contributed by atoms with Gasteiger partial charge in [-0.25, -0.2) is 4.79 Å². The Morgan fingerprint density at radius 3 is 2.36 bits per heavy atom. The second-order valence-electron chi connectivity index (χ2n) is 12.3. The molecule has 0 aliphatic heterocycles. The third kappa shape index (κ3) is 5.42. The number of alkyl carbamates (subject to hydrolysis) is 1. The summed E-state index contributed by atoms with van der Waals surface area (Å²) in [5.41, 5.74) is 1.65. The first kappa shape index (κ1) is 25.9. The minimum absolute atomic E-state index is 0.0681. The van der Waals surface area contributed by atoms with E-state index in [0.717, 1.165) is 59.5 Å². The molecule has 4 bridgehead atoms. The zero-order valence-corrected chi connectivity index (χ0v) is 22.6. The van der Waals surface area contributed by atoms with Crippen molar-refractivity contribution in [2.75, 3.05) is 6.61 Å². The number of H-pyrrole nitrogens is 1. The molecule has 2 aromatic carbocycles. The summed E-state index contributed by atoms with van der Waals surface area (Å²) in [6, 6.07) is 17.2. The summed E-state index contributed by atoms with van der Waals surface area (Å²) >= 11 is 0. The number of rotatable bonds is 9. The van der Waals surface area contributed by atoms with Gasteiger partial charge in [-0.05, 0) is 86.3 Å². The summed E-state index contributed by atoms with van der Waals surface area (Å²) in [4.78, 5) is 30.6. The first-order valence-corrected chi connectivity index (χ1v) is 14.4. The smallest absolute Gasteiger partial charge is 0.408 e. The average Bonchev–Trinajstić information content (AvgIpc) is 3.32. The Hall–Kier alpha value is -3.32. The van der Waals surface area contributed by atoms with Crippen LogP contribution in [0.3, 0.4) is 0 Å². The number of nitrogens with one attached hydrogen (secondary N) is 3. The zero-order valence-electron chi connectivity index (χ0n) is 22.6. The van der Waals surface area contributed by atoms with Crippen molar-refractivity contribution < 1.29 is 19.4 Å². The minimum atomic E-state index is -1.28. The number of aromatic amines is 1. The molecule has 7 rings (SSSR count). The van der Waals surface area contributed by atoms with E-state index in [1.54, 1.807) is 6.92 Å². The van der Waals surface area contributed by atoms with Crippen molar-refractivity contribution in [1.82, 2.24) is 15.6 Å². The van der Waals surface area contributed by atoms with Gasteiger partial charge < -0.3 is 25.5 Å². The fraction of sp³-hybridized carbons (Fsp3) is 0.500. The molecule has 4 aliphatic rings.